The second-order valence-electron chi connectivity index (χ2n) is 7.40. The highest BCUT2D eigenvalue weighted by Gasteiger charge is 2.20. The van der Waals surface area contributed by atoms with Crippen LogP contribution in [0.15, 0.2) is 67.3 Å². The molecule has 6 nitrogen and oxygen atoms in total. The van der Waals surface area contributed by atoms with E-state index in [2.05, 4.69) is 37.6 Å². The Morgan fingerprint density at radius 1 is 1.00 bits per heavy atom. The zero-order valence-electron chi connectivity index (χ0n) is 16.6. The fraction of sp³-hybridized carbons (Fsp3) is 0.261. The molecule has 3 aromatic rings. The van der Waals surface area contributed by atoms with Crippen molar-refractivity contribution in [2.24, 2.45) is 5.92 Å². The standard InChI is InChI=1S/C23H24ClN5O/c24-18-1-3-19(4-2-18)28-23(30)21-7-12-26-16-22(21)27-15-17-8-13-29(14-9-17)20-5-10-25-11-6-20/h1-7,10-12,16-17,27H,8-9,13-15H2,(H,28,30). The number of aromatic nitrogens is 2. The van der Waals surface area contributed by atoms with Crippen LogP contribution >= 0.6 is 11.6 Å². The first kappa shape index (κ1) is 20.2. The lowest BCUT2D eigenvalue weighted by Gasteiger charge is -2.33. The van der Waals surface area contributed by atoms with E-state index < -0.39 is 0 Å². The number of carbonyl (C=O) groups excluding carboxylic acids is 1. The number of hydrogen-bond donors (Lipinski definition) is 2. The van der Waals surface area contributed by atoms with Gasteiger partial charge < -0.3 is 15.5 Å². The highest BCUT2D eigenvalue weighted by atomic mass is 35.5. The number of piperidine rings is 1. The van der Waals surface area contributed by atoms with Gasteiger partial charge in [-0.15, -0.1) is 0 Å². The molecule has 3 heterocycles. The first-order valence-corrected chi connectivity index (χ1v) is 10.5. The van der Waals surface area contributed by atoms with Crippen molar-refractivity contribution in [3.63, 3.8) is 0 Å². The number of halogens is 1. The van der Waals surface area contributed by atoms with Crippen molar-refractivity contribution in [3.05, 3.63) is 77.8 Å². The van der Waals surface area contributed by atoms with Crippen LogP contribution in [0.25, 0.3) is 0 Å². The Hall–Kier alpha value is -3.12. The number of nitrogens with zero attached hydrogens (tertiary/aromatic N) is 3. The molecule has 0 unspecified atom stereocenters. The van der Waals surface area contributed by atoms with Crippen molar-refractivity contribution in [1.29, 1.82) is 0 Å². The van der Waals surface area contributed by atoms with Crippen LogP contribution in [0.1, 0.15) is 23.2 Å². The Balaban J connectivity index is 1.33. The molecule has 0 atom stereocenters. The molecule has 0 aliphatic carbocycles. The van der Waals surface area contributed by atoms with Gasteiger partial charge in [-0.3, -0.25) is 14.8 Å². The highest BCUT2D eigenvalue weighted by molar-refractivity contribution is 6.30. The predicted octanol–water partition coefficient (Wildman–Crippen LogP) is 4.71. The largest absolute Gasteiger partial charge is 0.383 e. The van der Waals surface area contributed by atoms with Crippen LogP contribution in [-0.4, -0.2) is 35.5 Å². The van der Waals surface area contributed by atoms with E-state index in [4.69, 9.17) is 11.6 Å². The Kier molecular flexibility index (Phi) is 6.44. The summed E-state index contributed by atoms with van der Waals surface area (Å²) in [4.78, 5) is 23.4. The number of amides is 1. The fourth-order valence-electron chi connectivity index (χ4n) is 3.67. The molecular weight excluding hydrogens is 398 g/mol. The summed E-state index contributed by atoms with van der Waals surface area (Å²) in [7, 11) is 0. The molecule has 0 radical (unpaired) electrons. The van der Waals surface area contributed by atoms with Crippen LogP contribution < -0.4 is 15.5 Å². The van der Waals surface area contributed by atoms with Crippen molar-refractivity contribution < 1.29 is 4.79 Å². The lowest BCUT2D eigenvalue weighted by Crippen LogP contribution is -2.36. The summed E-state index contributed by atoms with van der Waals surface area (Å²) in [6, 6.07) is 12.9. The third-order valence-electron chi connectivity index (χ3n) is 5.39. The summed E-state index contributed by atoms with van der Waals surface area (Å²) in [6.45, 7) is 2.86. The van der Waals surface area contributed by atoms with E-state index in [1.54, 1.807) is 42.7 Å². The summed E-state index contributed by atoms with van der Waals surface area (Å²) >= 11 is 5.91. The summed E-state index contributed by atoms with van der Waals surface area (Å²) in [5.74, 6) is 0.380. The second-order valence-corrected chi connectivity index (χ2v) is 7.84. The third-order valence-corrected chi connectivity index (χ3v) is 5.64. The molecule has 154 valence electrons. The summed E-state index contributed by atoms with van der Waals surface area (Å²) in [5, 5.41) is 6.98. The van der Waals surface area contributed by atoms with E-state index in [1.807, 2.05) is 12.4 Å². The molecule has 0 saturated carbocycles. The van der Waals surface area contributed by atoms with Crippen molar-refractivity contribution in [1.82, 2.24) is 9.97 Å². The van der Waals surface area contributed by atoms with E-state index in [0.717, 1.165) is 38.2 Å². The predicted molar refractivity (Wildman–Crippen MR) is 121 cm³/mol. The monoisotopic (exact) mass is 421 g/mol. The number of pyridine rings is 2. The molecule has 1 aliphatic rings. The number of rotatable bonds is 6. The molecular formula is C23H24ClN5O. The van der Waals surface area contributed by atoms with Crippen LogP contribution in [0.4, 0.5) is 17.1 Å². The van der Waals surface area contributed by atoms with E-state index in [0.29, 0.717) is 22.2 Å². The second kappa shape index (κ2) is 9.59. The maximum atomic E-state index is 12.7. The van der Waals surface area contributed by atoms with Crippen LogP contribution in [0.3, 0.4) is 0 Å². The molecule has 7 heteroatoms. The smallest absolute Gasteiger partial charge is 0.257 e. The topological polar surface area (TPSA) is 70.2 Å². The number of hydrogen-bond acceptors (Lipinski definition) is 5. The molecule has 1 amide bonds. The van der Waals surface area contributed by atoms with Gasteiger partial charge in [0.2, 0.25) is 0 Å². The SMILES string of the molecule is O=C(Nc1ccc(Cl)cc1)c1ccncc1NCC1CCN(c2ccncc2)CC1. The van der Waals surface area contributed by atoms with E-state index in [9.17, 15) is 4.79 Å². The van der Waals surface area contributed by atoms with Gasteiger partial charge >= 0.3 is 0 Å². The van der Waals surface area contributed by atoms with E-state index in [-0.39, 0.29) is 5.91 Å². The first-order valence-electron chi connectivity index (χ1n) is 10.1. The van der Waals surface area contributed by atoms with Gasteiger partial charge in [0.1, 0.15) is 0 Å². The summed E-state index contributed by atoms with van der Waals surface area (Å²) in [5.41, 5.74) is 3.26. The van der Waals surface area contributed by atoms with Crippen molar-refractivity contribution in [3.8, 4) is 0 Å². The Labute approximate surface area is 181 Å². The molecule has 0 spiro atoms. The first-order chi connectivity index (χ1) is 14.7. The molecule has 4 rings (SSSR count). The lowest BCUT2D eigenvalue weighted by molar-refractivity contribution is 0.102. The molecule has 1 saturated heterocycles. The maximum Gasteiger partial charge on any atom is 0.257 e. The highest BCUT2D eigenvalue weighted by Crippen LogP contribution is 2.24. The van der Waals surface area contributed by atoms with Gasteiger partial charge in [-0.1, -0.05) is 11.6 Å². The molecule has 0 bridgehead atoms. The quantitative estimate of drug-likeness (QED) is 0.603. The van der Waals surface area contributed by atoms with Gasteiger partial charge in [0.15, 0.2) is 0 Å². The third kappa shape index (κ3) is 5.07. The van der Waals surface area contributed by atoms with Crippen LogP contribution in [0.2, 0.25) is 5.02 Å². The molecule has 30 heavy (non-hydrogen) atoms. The zero-order chi connectivity index (χ0) is 20.8. The average molecular weight is 422 g/mol. The molecule has 1 aromatic carbocycles. The van der Waals surface area contributed by atoms with Crippen LogP contribution in [0, 0.1) is 5.92 Å². The van der Waals surface area contributed by atoms with Gasteiger partial charge in [0.05, 0.1) is 17.4 Å². The summed E-state index contributed by atoms with van der Waals surface area (Å²) in [6.07, 6.45) is 9.21. The van der Waals surface area contributed by atoms with Gasteiger partial charge in [0.25, 0.3) is 5.91 Å². The fourth-order valence-corrected chi connectivity index (χ4v) is 3.80. The average Bonchev–Trinajstić information content (AvgIpc) is 2.80. The van der Waals surface area contributed by atoms with E-state index in [1.165, 1.54) is 5.69 Å². The molecule has 2 N–H and O–H groups in total. The number of nitrogens with one attached hydrogen (secondary N) is 2. The van der Waals surface area contributed by atoms with Crippen molar-refractivity contribution in [2.45, 2.75) is 12.8 Å². The maximum absolute atomic E-state index is 12.7. The minimum atomic E-state index is -0.172. The van der Waals surface area contributed by atoms with Crippen LogP contribution in [-0.2, 0) is 0 Å². The number of benzene rings is 1. The minimum absolute atomic E-state index is 0.172. The Morgan fingerprint density at radius 2 is 1.70 bits per heavy atom. The molecule has 2 aromatic heterocycles. The molecule has 1 fully saturated rings. The van der Waals surface area contributed by atoms with Gasteiger partial charge in [-0.05, 0) is 61.2 Å². The van der Waals surface area contributed by atoms with Gasteiger partial charge in [-0.25, -0.2) is 0 Å². The van der Waals surface area contributed by atoms with Gasteiger partial charge in [0, 0.05) is 54.6 Å². The molecule has 1 aliphatic heterocycles. The summed E-state index contributed by atoms with van der Waals surface area (Å²) < 4.78 is 0. The normalized spacial score (nSPS) is 14.4. The van der Waals surface area contributed by atoms with E-state index >= 15 is 0 Å². The number of carbonyl (C=O) groups is 1. The Morgan fingerprint density at radius 3 is 2.43 bits per heavy atom. The Bertz CT molecular complexity index is 972. The van der Waals surface area contributed by atoms with Gasteiger partial charge in [-0.2, -0.15) is 0 Å². The lowest BCUT2D eigenvalue weighted by atomic mass is 9.96. The van der Waals surface area contributed by atoms with Crippen LogP contribution in [0.5, 0.6) is 0 Å². The minimum Gasteiger partial charge on any atom is -0.383 e. The zero-order valence-corrected chi connectivity index (χ0v) is 17.3. The number of anilines is 3. The van der Waals surface area contributed by atoms with Crippen molar-refractivity contribution >= 4 is 34.6 Å². The van der Waals surface area contributed by atoms with Crippen molar-refractivity contribution in [2.75, 3.05) is 35.2 Å².